The van der Waals surface area contributed by atoms with Crippen LogP contribution in [0.25, 0.3) is 0 Å². The van der Waals surface area contributed by atoms with Crippen LogP contribution in [0.3, 0.4) is 0 Å². The Labute approximate surface area is 147 Å². The Kier molecular flexibility index (Phi) is 4.34. The first kappa shape index (κ1) is 19.7. The Hall–Kier alpha value is -2.09. The number of fused-ring (bicyclic) bond motifs is 1. The predicted molar refractivity (Wildman–Crippen MR) is 75.9 cm³/mol. The normalized spacial score (nSPS) is 28.3. The van der Waals surface area contributed by atoms with Crippen molar-refractivity contribution < 1.29 is 40.2 Å². The molecule has 0 aromatic heterocycles. The summed E-state index contributed by atoms with van der Waals surface area (Å²) in [4.78, 5) is 0.741. The highest BCUT2D eigenvalue weighted by Crippen LogP contribution is 2.57. The molecule has 2 aliphatic rings. The summed E-state index contributed by atoms with van der Waals surface area (Å²) >= 11 is 0. The number of hydrogen-bond acceptors (Lipinski definition) is 3. The largest absolute Gasteiger partial charge is 0.417 e. The molecule has 0 radical (unpaired) electrons. The van der Waals surface area contributed by atoms with E-state index in [2.05, 4.69) is 0 Å². The van der Waals surface area contributed by atoms with Gasteiger partial charge in [-0.2, -0.15) is 31.6 Å². The number of aliphatic hydroxyl groups excluding tert-OH is 1. The highest BCUT2D eigenvalue weighted by molar-refractivity contribution is 5.57. The molecule has 1 N–H and O–H groups in total. The summed E-state index contributed by atoms with van der Waals surface area (Å²) in [5, 5.41) is 18.4. The van der Waals surface area contributed by atoms with Crippen LogP contribution in [0.4, 0.5) is 40.8 Å². The molecule has 0 amide bonds. The third kappa shape index (κ3) is 3.20. The second-order valence-electron chi connectivity index (χ2n) is 6.70. The van der Waals surface area contributed by atoms with E-state index in [4.69, 9.17) is 5.26 Å². The van der Waals surface area contributed by atoms with Gasteiger partial charge in [-0.05, 0) is 24.1 Å². The maximum atomic E-state index is 13.7. The summed E-state index contributed by atoms with van der Waals surface area (Å²) in [7, 11) is 0. The minimum atomic E-state index is -5.12. The zero-order chi connectivity index (χ0) is 20.4. The highest BCUT2D eigenvalue weighted by atomic mass is 19.4. The second kappa shape index (κ2) is 5.95. The lowest BCUT2D eigenvalue weighted by atomic mass is 9.68. The zero-order valence-corrected chi connectivity index (χ0v) is 13.3. The smallest absolute Gasteiger partial charge is 0.382 e. The average Bonchev–Trinajstić information content (AvgIpc) is 2.86. The van der Waals surface area contributed by atoms with Crippen molar-refractivity contribution in [3.05, 3.63) is 29.3 Å². The van der Waals surface area contributed by atoms with Gasteiger partial charge in [0.25, 0.3) is 5.92 Å². The van der Waals surface area contributed by atoms with Crippen molar-refractivity contribution >= 4 is 5.69 Å². The second-order valence-corrected chi connectivity index (χ2v) is 6.70. The number of benzene rings is 1. The van der Waals surface area contributed by atoms with E-state index in [1.165, 1.54) is 6.07 Å². The topological polar surface area (TPSA) is 47.3 Å². The molecular weight excluding hydrogens is 388 g/mol. The first-order valence-corrected chi connectivity index (χ1v) is 7.78. The van der Waals surface area contributed by atoms with Gasteiger partial charge in [0.1, 0.15) is 0 Å². The van der Waals surface area contributed by atoms with Crippen molar-refractivity contribution in [2.24, 2.45) is 11.8 Å². The molecule has 1 heterocycles. The van der Waals surface area contributed by atoms with Gasteiger partial charge in [0.15, 0.2) is 6.10 Å². The summed E-state index contributed by atoms with van der Waals surface area (Å²) in [6, 6.07) is 1.70. The Morgan fingerprint density at radius 1 is 1.19 bits per heavy atom. The third-order valence-electron chi connectivity index (χ3n) is 5.18. The molecule has 1 saturated heterocycles. The molecule has 1 saturated carbocycles. The van der Waals surface area contributed by atoms with E-state index in [0.29, 0.717) is 6.07 Å². The monoisotopic (exact) mass is 400 g/mol. The molecular formula is C16H12F8N2O. The predicted octanol–water partition coefficient (Wildman–Crippen LogP) is 3.96. The van der Waals surface area contributed by atoms with Crippen LogP contribution in [0.1, 0.15) is 17.5 Å². The number of aliphatic hydroxyl groups is 1. The van der Waals surface area contributed by atoms with Gasteiger partial charge < -0.3 is 10.0 Å². The maximum Gasteiger partial charge on any atom is 0.417 e. The molecule has 4 atom stereocenters. The van der Waals surface area contributed by atoms with Gasteiger partial charge >= 0.3 is 12.4 Å². The molecule has 0 bridgehead atoms. The first-order valence-electron chi connectivity index (χ1n) is 7.78. The van der Waals surface area contributed by atoms with Gasteiger partial charge in [-0.3, -0.25) is 0 Å². The third-order valence-corrected chi connectivity index (χ3v) is 5.18. The molecule has 2 fully saturated rings. The number of hydrogen-bond donors (Lipinski definition) is 1. The van der Waals surface area contributed by atoms with Crippen LogP contribution in [-0.4, -0.2) is 35.9 Å². The minimum absolute atomic E-state index is 0.403. The number of nitrogens with zero attached hydrogens (tertiary/aromatic N) is 2. The molecule has 1 aromatic rings. The van der Waals surface area contributed by atoms with Crippen molar-refractivity contribution in [3.8, 4) is 6.07 Å². The van der Waals surface area contributed by atoms with E-state index in [-0.39, 0.29) is 0 Å². The van der Waals surface area contributed by atoms with E-state index in [0.717, 1.165) is 17.0 Å². The maximum absolute atomic E-state index is 13.7. The van der Waals surface area contributed by atoms with Gasteiger partial charge in [0.2, 0.25) is 0 Å². The average molecular weight is 400 g/mol. The Morgan fingerprint density at radius 3 is 2.30 bits per heavy atom. The Morgan fingerprint density at radius 2 is 1.81 bits per heavy atom. The summed E-state index contributed by atoms with van der Waals surface area (Å²) < 4.78 is 106. The summed E-state index contributed by atoms with van der Waals surface area (Å²) in [5.41, 5.74) is -2.53. The lowest BCUT2D eigenvalue weighted by Crippen LogP contribution is -2.55. The van der Waals surface area contributed by atoms with Crippen LogP contribution in [0.15, 0.2) is 18.2 Å². The molecule has 27 heavy (non-hydrogen) atoms. The first-order chi connectivity index (χ1) is 12.3. The summed E-state index contributed by atoms with van der Waals surface area (Å²) in [6.07, 6.45) is -14.0. The van der Waals surface area contributed by atoms with Gasteiger partial charge in [0.05, 0.1) is 23.2 Å². The molecule has 0 unspecified atom stereocenters. The fourth-order valence-corrected chi connectivity index (χ4v) is 3.87. The molecule has 1 aliphatic carbocycles. The number of nitriles is 1. The van der Waals surface area contributed by atoms with Gasteiger partial charge in [-0.25, -0.2) is 8.78 Å². The molecule has 0 spiro atoms. The van der Waals surface area contributed by atoms with Crippen LogP contribution in [0.2, 0.25) is 0 Å². The SMILES string of the molecule is N#Cc1ccc(N2C[C@H]3[C@H](CC3(F)F)[C@@H]2[C@H](O)C(F)(F)F)cc1C(F)(F)F. The van der Waals surface area contributed by atoms with Crippen LogP contribution >= 0.6 is 0 Å². The number of rotatable bonds is 2. The summed E-state index contributed by atoms with van der Waals surface area (Å²) in [5.74, 6) is -5.95. The van der Waals surface area contributed by atoms with Crippen LogP contribution in [0.5, 0.6) is 0 Å². The van der Waals surface area contributed by atoms with E-state index >= 15 is 0 Å². The van der Waals surface area contributed by atoms with Crippen LogP contribution in [-0.2, 0) is 6.18 Å². The van der Waals surface area contributed by atoms with Gasteiger partial charge in [-0.1, -0.05) is 0 Å². The molecule has 148 valence electrons. The molecule has 1 aromatic carbocycles. The Balaban J connectivity index is 2.05. The molecule has 11 heteroatoms. The van der Waals surface area contributed by atoms with E-state index in [1.807, 2.05) is 0 Å². The lowest BCUT2D eigenvalue weighted by molar-refractivity contribution is -0.226. The van der Waals surface area contributed by atoms with E-state index in [9.17, 15) is 40.2 Å². The number of alkyl halides is 8. The van der Waals surface area contributed by atoms with E-state index in [1.54, 1.807) is 0 Å². The Bertz CT molecular complexity index is 782. The fraction of sp³-hybridized carbons (Fsp3) is 0.562. The standard InChI is InChI=1S/C16H12F8N2O/c17-14(18)4-9-11(14)6-26(12(9)13(27)16(22,23)24)8-2-1-7(5-25)10(3-8)15(19,20)21/h1-3,9,11-13,27H,4,6H2/t9-,11-,12+,13-/m0/s1. The minimum Gasteiger partial charge on any atom is -0.382 e. The molecule has 3 nitrogen and oxygen atoms in total. The number of halogens is 8. The summed E-state index contributed by atoms with van der Waals surface area (Å²) in [6.45, 7) is -0.626. The van der Waals surface area contributed by atoms with Crippen molar-refractivity contribution in [2.45, 2.75) is 36.8 Å². The lowest BCUT2D eigenvalue weighted by Gasteiger charge is -2.42. The molecule has 1 aliphatic heterocycles. The molecule has 3 rings (SSSR count). The number of anilines is 1. The van der Waals surface area contributed by atoms with Gasteiger partial charge in [0, 0.05) is 24.6 Å². The van der Waals surface area contributed by atoms with E-state index < -0.39 is 72.0 Å². The van der Waals surface area contributed by atoms with Crippen molar-refractivity contribution in [2.75, 3.05) is 11.4 Å². The van der Waals surface area contributed by atoms with Crippen molar-refractivity contribution in [1.29, 1.82) is 5.26 Å². The van der Waals surface area contributed by atoms with Crippen molar-refractivity contribution in [1.82, 2.24) is 0 Å². The zero-order valence-electron chi connectivity index (χ0n) is 13.3. The van der Waals surface area contributed by atoms with Crippen LogP contribution < -0.4 is 4.90 Å². The van der Waals surface area contributed by atoms with Gasteiger partial charge in [-0.15, -0.1) is 0 Å². The van der Waals surface area contributed by atoms with Crippen LogP contribution in [0, 0.1) is 23.2 Å². The highest BCUT2D eigenvalue weighted by Gasteiger charge is 2.67. The fourth-order valence-electron chi connectivity index (χ4n) is 3.87. The quantitative estimate of drug-likeness (QED) is 0.765. The van der Waals surface area contributed by atoms with Crippen molar-refractivity contribution in [3.63, 3.8) is 0 Å².